The van der Waals surface area contributed by atoms with Crippen molar-refractivity contribution in [1.29, 1.82) is 0 Å². The number of hydrogen-bond donors (Lipinski definition) is 0. The van der Waals surface area contributed by atoms with Crippen LogP contribution in [-0.4, -0.2) is 24.1 Å². The van der Waals surface area contributed by atoms with Gasteiger partial charge in [-0.25, -0.2) is 0 Å². The van der Waals surface area contributed by atoms with Crippen LogP contribution in [0.2, 0.25) is 0 Å². The lowest BCUT2D eigenvalue weighted by Crippen LogP contribution is -2.22. The molecule has 16 heavy (non-hydrogen) atoms. The van der Waals surface area contributed by atoms with Gasteiger partial charge in [-0.2, -0.15) is 0 Å². The van der Waals surface area contributed by atoms with Gasteiger partial charge in [0.15, 0.2) is 0 Å². The van der Waals surface area contributed by atoms with Gasteiger partial charge in [-0.1, -0.05) is 11.2 Å². The van der Waals surface area contributed by atoms with Crippen LogP contribution in [0.15, 0.2) is 23.4 Å². The second-order valence-corrected chi connectivity index (χ2v) is 3.52. The Labute approximate surface area is 91.9 Å². The molecular weight excluding hydrogens is 208 g/mol. The summed E-state index contributed by atoms with van der Waals surface area (Å²) in [5.74, 6) is -0.980. The highest BCUT2D eigenvalue weighted by Crippen LogP contribution is 2.34. The lowest BCUT2D eigenvalue weighted by Gasteiger charge is -2.12. The van der Waals surface area contributed by atoms with Crippen LogP contribution in [-0.2, 0) is 16.0 Å². The Bertz CT molecular complexity index is 468. The largest absolute Gasteiger partial charge is 0.468 e. The molecule has 0 N–H and O–H groups in total. The van der Waals surface area contributed by atoms with Crippen molar-refractivity contribution in [3.05, 3.63) is 40.0 Å². The second-order valence-electron chi connectivity index (χ2n) is 3.52. The summed E-state index contributed by atoms with van der Waals surface area (Å²) in [7, 11) is 1.32. The minimum atomic E-state index is -0.572. The Balaban J connectivity index is 2.43. The quantitative estimate of drug-likeness (QED) is 0.326. The monoisotopic (exact) mass is 218 g/mol. The third kappa shape index (κ3) is 1.59. The van der Waals surface area contributed by atoms with E-state index in [0.717, 1.165) is 5.56 Å². The first-order valence-corrected chi connectivity index (χ1v) is 4.83. The molecule has 2 atom stereocenters. The van der Waals surface area contributed by atoms with Crippen LogP contribution in [0.1, 0.15) is 17.2 Å². The SMILES string of the molecule is COC(=O)[C@@H]1c2ncccc2C[C@H]1N=[N+]=[N-]. The molecule has 1 aromatic heterocycles. The zero-order valence-corrected chi connectivity index (χ0v) is 8.70. The summed E-state index contributed by atoms with van der Waals surface area (Å²) in [6.45, 7) is 0. The van der Waals surface area contributed by atoms with E-state index in [-0.39, 0.29) is 0 Å². The topological polar surface area (TPSA) is 88.0 Å². The molecule has 82 valence electrons. The highest BCUT2D eigenvalue weighted by Gasteiger charge is 2.38. The van der Waals surface area contributed by atoms with Crippen LogP contribution < -0.4 is 0 Å². The molecule has 0 fully saturated rings. The predicted molar refractivity (Wildman–Crippen MR) is 55.6 cm³/mol. The normalized spacial score (nSPS) is 22.1. The predicted octanol–water partition coefficient (Wildman–Crippen LogP) is 1.57. The number of esters is 1. The molecule has 0 aliphatic heterocycles. The van der Waals surface area contributed by atoms with E-state index in [0.29, 0.717) is 12.1 Å². The van der Waals surface area contributed by atoms with Crippen molar-refractivity contribution >= 4 is 5.97 Å². The minimum absolute atomic E-state index is 0.408. The number of hydrogen-bond acceptors (Lipinski definition) is 4. The fraction of sp³-hybridized carbons (Fsp3) is 0.400. The summed E-state index contributed by atoms with van der Waals surface area (Å²) in [4.78, 5) is 18.5. The van der Waals surface area contributed by atoms with E-state index < -0.39 is 17.9 Å². The molecule has 1 heterocycles. The summed E-state index contributed by atoms with van der Waals surface area (Å²) in [6, 6.07) is 3.25. The minimum Gasteiger partial charge on any atom is -0.468 e. The molecule has 1 aromatic rings. The smallest absolute Gasteiger partial charge is 0.315 e. The highest BCUT2D eigenvalue weighted by atomic mass is 16.5. The molecule has 0 spiro atoms. The molecule has 0 aromatic carbocycles. The first kappa shape index (κ1) is 10.4. The maximum Gasteiger partial charge on any atom is 0.315 e. The van der Waals surface area contributed by atoms with E-state index in [1.54, 1.807) is 12.3 Å². The average Bonchev–Trinajstić information content (AvgIpc) is 2.66. The van der Waals surface area contributed by atoms with Gasteiger partial charge < -0.3 is 4.74 Å². The Hall–Kier alpha value is -2.07. The van der Waals surface area contributed by atoms with Crippen LogP contribution >= 0.6 is 0 Å². The molecule has 1 aliphatic rings. The lowest BCUT2D eigenvalue weighted by atomic mass is 10.0. The van der Waals surface area contributed by atoms with Gasteiger partial charge in [-0.3, -0.25) is 9.78 Å². The molecule has 0 saturated heterocycles. The molecule has 0 bridgehead atoms. The highest BCUT2D eigenvalue weighted by molar-refractivity contribution is 5.80. The van der Waals surface area contributed by atoms with Gasteiger partial charge in [0.05, 0.1) is 18.8 Å². The van der Waals surface area contributed by atoms with Crippen molar-refractivity contribution in [2.24, 2.45) is 5.11 Å². The van der Waals surface area contributed by atoms with Crippen LogP contribution in [0.25, 0.3) is 10.4 Å². The van der Waals surface area contributed by atoms with Crippen molar-refractivity contribution in [1.82, 2.24) is 4.98 Å². The van der Waals surface area contributed by atoms with E-state index in [1.165, 1.54) is 7.11 Å². The molecule has 0 amide bonds. The average molecular weight is 218 g/mol. The van der Waals surface area contributed by atoms with Crippen molar-refractivity contribution in [2.75, 3.05) is 7.11 Å². The number of carbonyl (C=O) groups excluding carboxylic acids is 1. The fourth-order valence-electron chi connectivity index (χ4n) is 2.00. The molecular formula is C10H10N4O2. The molecule has 0 unspecified atom stereocenters. The van der Waals surface area contributed by atoms with E-state index in [9.17, 15) is 4.79 Å². The Morgan fingerprint density at radius 2 is 2.56 bits per heavy atom. The van der Waals surface area contributed by atoms with Gasteiger partial charge in [-0.15, -0.1) is 0 Å². The van der Waals surface area contributed by atoms with Gasteiger partial charge in [0.25, 0.3) is 0 Å². The van der Waals surface area contributed by atoms with E-state index in [4.69, 9.17) is 10.3 Å². The van der Waals surface area contributed by atoms with Crippen LogP contribution in [0.5, 0.6) is 0 Å². The first-order chi connectivity index (χ1) is 7.77. The number of aromatic nitrogens is 1. The third-order valence-corrected chi connectivity index (χ3v) is 2.69. The third-order valence-electron chi connectivity index (χ3n) is 2.69. The van der Waals surface area contributed by atoms with Crippen molar-refractivity contribution in [2.45, 2.75) is 18.4 Å². The number of azide groups is 1. The van der Waals surface area contributed by atoms with Crippen molar-refractivity contribution < 1.29 is 9.53 Å². The number of fused-ring (bicyclic) bond motifs is 1. The van der Waals surface area contributed by atoms with E-state index in [1.807, 2.05) is 6.07 Å². The Morgan fingerprint density at radius 3 is 3.25 bits per heavy atom. The van der Waals surface area contributed by atoms with Crippen molar-refractivity contribution in [3.63, 3.8) is 0 Å². The number of methoxy groups -OCH3 is 1. The number of carbonyl (C=O) groups is 1. The molecule has 0 saturated carbocycles. The standard InChI is InChI=1S/C10H10N4O2/c1-16-10(15)8-7(13-14-11)5-6-3-2-4-12-9(6)8/h2-4,7-8H,5H2,1H3/t7-,8+/m1/s1. The number of ether oxygens (including phenoxy) is 1. The maximum atomic E-state index is 11.6. The molecule has 1 aliphatic carbocycles. The number of pyridine rings is 1. The zero-order valence-electron chi connectivity index (χ0n) is 8.70. The van der Waals surface area contributed by atoms with Gasteiger partial charge in [-0.05, 0) is 23.6 Å². The summed E-state index contributed by atoms with van der Waals surface area (Å²) < 4.78 is 4.71. The molecule has 6 heteroatoms. The maximum absolute atomic E-state index is 11.6. The summed E-state index contributed by atoms with van der Waals surface area (Å²) in [6.07, 6.45) is 2.15. The van der Waals surface area contributed by atoms with E-state index >= 15 is 0 Å². The fourth-order valence-corrected chi connectivity index (χ4v) is 2.00. The van der Waals surface area contributed by atoms with Gasteiger partial charge in [0, 0.05) is 11.1 Å². The second kappa shape index (κ2) is 4.20. The van der Waals surface area contributed by atoms with Gasteiger partial charge in [0.1, 0.15) is 5.92 Å². The first-order valence-electron chi connectivity index (χ1n) is 4.83. The summed E-state index contributed by atoms with van der Waals surface area (Å²) in [5, 5.41) is 3.63. The van der Waals surface area contributed by atoms with Crippen LogP contribution in [0, 0.1) is 0 Å². The Morgan fingerprint density at radius 1 is 1.75 bits per heavy atom. The number of nitrogens with zero attached hydrogens (tertiary/aromatic N) is 4. The molecule has 6 nitrogen and oxygen atoms in total. The summed E-state index contributed by atoms with van der Waals surface area (Å²) in [5.41, 5.74) is 10.1. The van der Waals surface area contributed by atoms with Crippen molar-refractivity contribution in [3.8, 4) is 0 Å². The van der Waals surface area contributed by atoms with Crippen LogP contribution in [0.4, 0.5) is 0 Å². The lowest BCUT2D eigenvalue weighted by molar-refractivity contribution is -0.142. The molecule has 0 radical (unpaired) electrons. The number of rotatable bonds is 2. The van der Waals surface area contributed by atoms with Gasteiger partial charge >= 0.3 is 5.97 Å². The zero-order chi connectivity index (χ0) is 11.5. The van der Waals surface area contributed by atoms with Crippen LogP contribution in [0.3, 0.4) is 0 Å². The summed E-state index contributed by atoms with van der Waals surface area (Å²) >= 11 is 0. The molecule has 2 rings (SSSR count). The van der Waals surface area contributed by atoms with E-state index in [2.05, 4.69) is 15.0 Å². The Kier molecular flexibility index (Phi) is 2.74. The van der Waals surface area contributed by atoms with Gasteiger partial charge in [0.2, 0.25) is 0 Å².